The molecule has 6 bridgehead atoms. The topological polar surface area (TPSA) is 84.4 Å². The van der Waals surface area contributed by atoms with Crippen molar-refractivity contribution in [3.63, 3.8) is 0 Å². The van der Waals surface area contributed by atoms with E-state index in [0.29, 0.717) is 35.2 Å². The van der Waals surface area contributed by atoms with Crippen LogP contribution in [0.4, 0.5) is 13.2 Å². The van der Waals surface area contributed by atoms with E-state index in [0.717, 1.165) is 23.9 Å². The van der Waals surface area contributed by atoms with Gasteiger partial charge in [-0.2, -0.15) is 0 Å². The third-order valence-electron chi connectivity index (χ3n) is 8.18. The standard InChI is InChI=1S/C32H27F3N6O/c1-32(24-7-2-3-8-26(24)34)12-5-4-6-19-17-41(40-39-19)18-23-21-11-13-36-28(21)15-27(35)30(23)42-20-9-10-25(33)22(14-20)31-37-16-29(32)38-31/h2-3,7-11,13-17,36H,4-6,12,18H2,1H3,(H,37,38). The molecule has 212 valence electrons. The maximum Gasteiger partial charge on any atom is 0.168 e. The second-order valence-corrected chi connectivity index (χ2v) is 10.9. The van der Waals surface area contributed by atoms with Gasteiger partial charge in [0.15, 0.2) is 11.6 Å². The molecular weight excluding hydrogens is 541 g/mol. The number of H-pyrrole nitrogens is 2. The molecule has 0 fully saturated rings. The minimum absolute atomic E-state index is 0.0186. The van der Waals surface area contributed by atoms with Gasteiger partial charge in [-0.3, -0.25) is 0 Å². The molecule has 0 radical (unpaired) electrons. The molecule has 3 aromatic carbocycles. The lowest BCUT2D eigenvalue weighted by Crippen LogP contribution is -2.26. The fraction of sp³-hybridized carbons (Fsp3) is 0.219. The van der Waals surface area contributed by atoms with Crippen molar-refractivity contribution in [3.8, 4) is 22.9 Å². The largest absolute Gasteiger partial charge is 0.454 e. The number of halogens is 3. The van der Waals surface area contributed by atoms with Gasteiger partial charge in [0.2, 0.25) is 0 Å². The van der Waals surface area contributed by atoms with Crippen molar-refractivity contribution in [2.45, 2.75) is 44.6 Å². The Balaban J connectivity index is 1.38. The Morgan fingerprint density at radius 3 is 2.74 bits per heavy atom. The number of benzene rings is 3. The second-order valence-electron chi connectivity index (χ2n) is 10.9. The van der Waals surface area contributed by atoms with E-state index in [9.17, 15) is 0 Å². The highest BCUT2D eigenvalue weighted by Crippen LogP contribution is 2.40. The third-order valence-corrected chi connectivity index (χ3v) is 8.18. The van der Waals surface area contributed by atoms with Crippen LogP contribution in [0.1, 0.15) is 48.7 Å². The Morgan fingerprint density at radius 1 is 0.976 bits per heavy atom. The van der Waals surface area contributed by atoms with E-state index in [1.807, 2.05) is 25.3 Å². The average molecular weight is 569 g/mol. The highest BCUT2D eigenvalue weighted by molar-refractivity contribution is 5.85. The van der Waals surface area contributed by atoms with Gasteiger partial charge in [-0.15, -0.1) is 5.10 Å². The number of aryl methyl sites for hydroxylation is 1. The number of nitrogens with one attached hydrogen (secondary N) is 2. The summed E-state index contributed by atoms with van der Waals surface area (Å²) in [5.74, 6) is -0.893. The lowest BCUT2D eigenvalue weighted by atomic mass is 9.75. The first-order valence-electron chi connectivity index (χ1n) is 13.8. The van der Waals surface area contributed by atoms with E-state index in [2.05, 4.69) is 25.3 Å². The normalized spacial score (nSPS) is 17.3. The summed E-state index contributed by atoms with van der Waals surface area (Å²) in [6.45, 7) is 2.18. The van der Waals surface area contributed by atoms with Gasteiger partial charge in [0, 0.05) is 52.2 Å². The van der Waals surface area contributed by atoms with Crippen molar-refractivity contribution in [3.05, 3.63) is 113 Å². The quantitative estimate of drug-likeness (QED) is 0.216. The van der Waals surface area contributed by atoms with E-state index in [-0.39, 0.29) is 35.2 Å². The van der Waals surface area contributed by atoms with Crippen LogP contribution in [0, 0.1) is 17.5 Å². The van der Waals surface area contributed by atoms with Crippen LogP contribution in [0.5, 0.6) is 11.5 Å². The molecule has 0 aliphatic carbocycles. The van der Waals surface area contributed by atoms with Gasteiger partial charge in [-0.05, 0) is 62.1 Å². The minimum Gasteiger partial charge on any atom is -0.454 e. The highest BCUT2D eigenvalue weighted by atomic mass is 19.1. The molecule has 0 saturated heterocycles. The summed E-state index contributed by atoms with van der Waals surface area (Å²) in [6.07, 6.45) is 8.06. The van der Waals surface area contributed by atoms with Crippen LogP contribution < -0.4 is 4.74 Å². The first-order chi connectivity index (χ1) is 20.4. The molecule has 1 atom stereocenters. The number of rotatable bonds is 1. The molecule has 0 amide bonds. The molecule has 0 spiro atoms. The van der Waals surface area contributed by atoms with Crippen molar-refractivity contribution >= 4 is 10.9 Å². The molecule has 2 N–H and O–H groups in total. The molecule has 42 heavy (non-hydrogen) atoms. The summed E-state index contributed by atoms with van der Waals surface area (Å²) in [4.78, 5) is 10.8. The molecule has 6 aromatic rings. The molecule has 7 nitrogen and oxygen atoms in total. The van der Waals surface area contributed by atoms with Gasteiger partial charge in [0.05, 0.1) is 17.8 Å². The zero-order valence-corrected chi connectivity index (χ0v) is 22.8. The maximum absolute atomic E-state index is 15.5. The molecule has 0 saturated carbocycles. The molecule has 3 aromatic heterocycles. The third kappa shape index (κ3) is 4.52. The first kappa shape index (κ1) is 26.1. The molecule has 1 aliphatic heterocycles. The molecule has 4 heterocycles. The van der Waals surface area contributed by atoms with Crippen molar-refractivity contribution in [1.82, 2.24) is 29.9 Å². The number of nitrogens with zero attached hydrogens (tertiary/aromatic N) is 4. The second kappa shape index (κ2) is 10.2. The van der Waals surface area contributed by atoms with Gasteiger partial charge in [-0.25, -0.2) is 22.8 Å². The monoisotopic (exact) mass is 568 g/mol. The number of ether oxygens (including phenoxy) is 1. The Labute approximate surface area is 239 Å². The van der Waals surface area contributed by atoms with Gasteiger partial charge < -0.3 is 14.7 Å². The lowest BCUT2D eigenvalue weighted by Gasteiger charge is -2.29. The Kier molecular flexibility index (Phi) is 6.33. The SMILES string of the molecule is CC1(c2ccccc2F)CCCCc2cn(nn2)Cc2c(c(F)cc3[nH]ccc23)Oc2ccc(F)c(c2)-c2ncc1[nH]2. The summed E-state index contributed by atoms with van der Waals surface area (Å²) >= 11 is 0. The fourth-order valence-corrected chi connectivity index (χ4v) is 5.90. The molecular formula is C32H27F3N6O. The number of imidazole rings is 1. The Bertz CT molecular complexity index is 1920. The van der Waals surface area contributed by atoms with Crippen LogP contribution in [-0.2, 0) is 18.4 Å². The number of aromatic amines is 2. The van der Waals surface area contributed by atoms with Gasteiger partial charge in [0.25, 0.3) is 0 Å². The summed E-state index contributed by atoms with van der Waals surface area (Å²) < 4.78 is 53.6. The Hall–Kier alpha value is -4.86. The maximum atomic E-state index is 15.5. The number of fused-ring (bicyclic) bond motifs is 10. The van der Waals surface area contributed by atoms with Crippen molar-refractivity contribution in [2.24, 2.45) is 0 Å². The summed E-state index contributed by atoms with van der Waals surface area (Å²) in [7, 11) is 0. The molecule has 7 rings (SSSR count). The van der Waals surface area contributed by atoms with Gasteiger partial charge in [-0.1, -0.05) is 29.8 Å². The zero-order valence-electron chi connectivity index (χ0n) is 22.8. The predicted octanol–water partition coefficient (Wildman–Crippen LogP) is 7.44. The predicted molar refractivity (Wildman–Crippen MR) is 152 cm³/mol. The molecule has 1 unspecified atom stereocenters. The molecule has 1 aliphatic rings. The van der Waals surface area contributed by atoms with Crippen LogP contribution in [0.3, 0.4) is 0 Å². The van der Waals surface area contributed by atoms with Crippen LogP contribution in [0.15, 0.2) is 73.2 Å². The van der Waals surface area contributed by atoms with Crippen LogP contribution in [0.2, 0.25) is 0 Å². The van der Waals surface area contributed by atoms with Crippen molar-refractivity contribution < 1.29 is 17.9 Å². The summed E-state index contributed by atoms with van der Waals surface area (Å²) in [6, 6.07) is 14.1. The molecule has 10 heteroatoms. The number of hydrogen-bond donors (Lipinski definition) is 2. The first-order valence-corrected chi connectivity index (χ1v) is 13.8. The van der Waals surface area contributed by atoms with Crippen molar-refractivity contribution in [2.75, 3.05) is 0 Å². The van der Waals surface area contributed by atoms with Crippen molar-refractivity contribution in [1.29, 1.82) is 0 Å². The van der Waals surface area contributed by atoms with Crippen LogP contribution >= 0.6 is 0 Å². The highest BCUT2D eigenvalue weighted by Gasteiger charge is 2.33. The van der Waals surface area contributed by atoms with E-state index >= 15 is 13.2 Å². The summed E-state index contributed by atoms with van der Waals surface area (Å²) in [5, 5.41) is 9.42. The van der Waals surface area contributed by atoms with E-state index < -0.39 is 17.0 Å². The number of aromatic nitrogens is 6. The fourth-order valence-electron chi connectivity index (χ4n) is 5.90. The minimum atomic E-state index is -0.756. The lowest BCUT2D eigenvalue weighted by molar-refractivity contribution is 0.433. The Morgan fingerprint density at radius 2 is 1.86 bits per heavy atom. The van der Waals surface area contributed by atoms with Crippen LogP contribution in [0.25, 0.3) is 22.3 Å². The summed E-state index contributed by atoms with van der Waals surface area (Å²) in [5.41, 5.74) is 2.59. The van der Waals surface area contributed by atoms with Gasteiger partial charge >= 0.3 is 0 Å². The average Bonchev–Trinajstić information content (AvgIpc) is 3.75. The smallest absolute Gasteiger partial charge is 0.168 e. The van der Waals surface area contributed by atoms with E-state index in [4.69, 9.17) is 4.74 Å². The van der Waals surface area contributed by atoms with Crippen LogP contribution in [-0.4, -0.2) is 29.9 Å². The number of hydrogen-bond acceptors (Lipinski definition) is 4. The zero-order chi connectivity index (χ0) is 28.8. The van der Waals surface area contributed by atoms with E-state index in [1.54, 1.807) is 29.2 Å². The van der Waals surface area contributed by atoms with E-state index in [1.165, 1.54) is 30.3 Å². The van der Waals surface area contributed by atoms with Gasteiger partial charge in [0.1, 0.15) is 23.2 Å².